The molecular weight excluding hydrogens is 270 g/mol. The summed E-state index contributed by atoms with van der Waals surface area (Å²) in [7, 11) is -3.56. The minimum absolute atomic E-state index is 0.268. The summed E-state index contributed by atoms with van der Waals surface area (Å²) in [5.41, 5.74) is 1.97. The first-order valence-electron chi connectivity index (χ1n) is 4.93. The summed E-state index contributed by atoms with van der Waals surface area (Å²) < 4.78 is 21.9. The molecule has 1 heterocycles. The predicted octanol–water partition coefficient (Wildman–Crippen LogP) is 1.47. The van der Waals surface area contributed by atoms with Crippen molar-refractivity contribution >= 4 is 21.4 Å². The Hall–Kier alpha value is -1.75. The van der Waals surface area contributed by atoms with Crippen molar-refractivity contribution in [3.63, 3.8) is 0 Å². The average Bonchev–Trinajstić information content (AvgIpc) is 2.75. The smallest absolute Gasteiger partial charge is 0.215 e. The number of hydrogen-bond donors (Lipinski definition) is 1. The van der Waals surface area contributed by atoms with Gasteiger partial charge in [0.25, 0.3) is 0 Å². The summed E-state index contributed by atoms with van der Waals surface area (Å²) >= 11 is 1.23. The lowest BCUT2D eigenvalue weighted by Crippen LogP contribution is -2.14. The van der Waals surface area contributed by atoms with E-state index >= 15 is 0 Å². The summed E-state index contributed by atoms with van der Waals surface area (Å²) in [5, 5.41) is 15.9. The van der Waals surface area contributed by atoms with E-state index in [1.165, 1.54) is 11.3 Å². The number of nitrogens with two attached hydrogens (primary N) is 1. The van der Waals surface area contributed by atoms with Gasteiger partial charge >= 0.3 is 0 Å². The van der Waals surface area contributed by atoms with Crippen molar-refractivity contribution in [1.29, 1.82) is 5.26 Å². The second kappa shape index (κ2) is 4.86. The van der Waals surface area contributed by atoms with Crippen LogP contribution in [0.5, 0.6) is 0 Å². The molecule has 5 nitrogen and oxygen atoms in total. The number of aromatic nitrogens is 1. The molecule has 0 fully saturated rings. The van der Waals surface area contributed by atoms with Crippen LogP contribution in [-0.4, -0.2) is 13.4 Å². The van der Waals surface area contributed by atoms with Crippen molar-refractivity contribution < 1.29 is 8.42 Å². The number of sulfonamides is 1. The van der Waals surface area contributed by atoms with Crippen LogP contribution in [0.4, 0.5) is 0 Å². The Labute approximate surface area is 109 Å². The first-order chi connectivity index (χ1) is 8.48. The highest BCUT2D eigenvalue weighted by atomic mass is 32.2. The number of nitriles is 1. The van der Waals surface area contributed by atoms with E-state index in [4.69, 9.17) is 10.4 Å². The quantitative estimate of drug-likeness (QED) is 0.920. The Morgan fingerprint density at radius 2 is 2.22 bits per heavy atom. The van der Waals surface area contributed by atoms with Crippen molar-refractivity contribution in [2.24, 2.45) is 5.14 Å². The lowest BCUT2D eigenvalue weighted by atomic mass is 10.1. The van der Waals surface area contributed by atoms with E-state index in [2.05, 4.69) is 4.98 Å². The molecule has 18 heavy (non-hydrogen) atoms. The van der Waals surface area contributed by atoms with Gasteiger partial charge < -0.3 is 0 Å². The Bertz CT molecular complexity index is 714. The molecule has 0 aliphatic carbocycles. The summed E-state index contributed by atoms with van der Waals surface area (Å²) in [5.74, 6) is -0.268. The van der Waals surface area contributed by atoms with Gasteiger partial charge in [0.1, 0.15) is 10.8 Å². The zero-order valence-corrected chi connectivity index (χ0v) is 10.8. The molecular formula is C11H9N3O2S2. The molecule has 0 saturated carbocycles. The summed E-state index contributed by atoms with van der Waals surface area (Å²) in [6.45, 7) is 0. The van der Waals surface area contributed by atoms with Crippen LogP contribution in [0.1, 0.15) is 10.6 Å². The molecule has 0 amide bonds. The van der Waals surface area contributed by atoms with Crippen molar-refractivity contribution in [1.82, 2.24) is 4.98 Å². The summed E-state index contributed by atoms with van der Waals surface area (Å²) in [6.07, 6.45) is 0. The predicted molar refractivity (Wildman–Crippen MR) is 69.1 cm³/mol. The third kappa shape index (κ3) is 3.13. The number of rotatable bonds is 3. The van der Waals surface area contributed by atoms with Crippen molar-refractivity contribution in [3.8, 4) is 17.3 Å². The zero-order valence-electron chi connectivity index (χ0n) is 9.20. The van der Waals surface area contributed by atoms with Crippen LogP contribution >= 0.6 is 11.3 Å². The maximum absolute atomic E-state index is 10.9. The second-order valence-electron chi connectivity index (χ2n) is 3.63. The van der Waals surface area contributed by atoms with E-state index in [9.17, 15) is 8.42 Å². The topological polar surface area (TPSA) is 96.8 Å². The third-order valence-electron chi connectivity index (χ3n) is 2.16. The molecule has 7 heteroatoms. The molecule has 0 radical (unpaired) electrons. The summed E-state index contributed by atoms with van der Waals surface area (Å²) in [4.78, 5) is 4.19. The Balaban J connectivity index is 2.32. The Kier molecular flexibility index (Phi) is 3.43. The standard InChI is InChI=1S/C11H9N3O2S2/c12-5-8-2-1-3-9(4-8)10-6-17-11(14-10)7-18(13,15)16/h1-4,6H,7H2,(H2,13,15,16). The SMILES string of the molecule is N#Cc1cccc(-c2csc(CS(N)(=O)=O)n2)c1. The number of thiazole rings is 1. The molecule has 0 spiro atoms. The van der Waals surface area contributed by atoms with E-state index < -0.39 is 10.0 Å². The van der Waals surface area contributed by atoms with Gasteiger partial charge in [0, 0.05) is 10.9 Å². The van der Waals surface area contributed by atoms with E-state index in [1.54, 1.807) is 23.6 Å². The molecule has 0 aliphatic rings. The maximum atomic E-state index is 10.9. The second-order valence-corrected chi connectivity index (χ2v) is 6.18. The van der Waals surface area contributed by atoms with Crippen LogP contribution in [0.3, 0.4) is 0 Å². The number of benzene rings is 1. The van der Waals surface area contributed by atoms with Crippen LogP contribution in [0, 0.1) is 11.3 Å². The van der Waals surface area contributed by atoms with E-state index in [-0.39, 0.29) is 5.75 Å². The minimum atomic E-state index is -3.56. The highest BCUT2D eigenvalue weighted by Crippen LogP contribution is 2.23. The molecule has 92 valence electrons. The van der Waals surface area contributed by atoms with Crippen LogP contribution < -0.4 is 5.14 Å². The number of primary sulfonamides is 1. The van der Waals surface area contributed by atoms with Crippen LogP contribution in [0.25, 0.3) is 11.3 Å². The fourth-order valence-electron chi connectivity index (χ4n) is 1.43. The monoisotopic (exact) mass is 279 g/mol. The van der Waals surface area contributed by atoms with Gasteiger partial charge in [0.2, 0.25) is 10.0 Å². The molecule has 0 unspecified atom stereocenters. The average molecular weight is 279 g/mol. The Morgan fingerprint density at radius 3 is 2.89 bits per heavy atom. The van der Waals surface area contributed by atoms with Crippen molar-refractivity contribution in [2.45, 2.75) is 5.75 Å². The highest BCUT2D eigenvalue weighted by Gasteiger charge is 2.10. The van der Waals surface area contributed by atoms with Gasteiger partial charge in [-0.3, -0.25) is 0 Å². The maximum Gasteiger partial charge on any atom is 0.215 e. The normalized spacial score (nSPS) is 11.1. The van der Waals surface area contributed by atoms with Crippen LogP contribution in [0.15, 0.2) is 29.6 Å². The van der Waals surface area contributed by atoms with Gasteiger partial charge in [-0.25, -0.2) is 18.5 Å². The number of nitrogens with zero attached hydrogens (tertiary/aromatic N) is 2. The van der Waals surface area contributed by atoms with Gasteiger partial charge in [-0.05, 0) is 12.1 Å². The first-order valence-corrected chi connectivity index (χ1v) is 7.53. The van der Waals surface area contributed by atoms with E-state index in [0.717, 1.165) is 5.56 Å². The largest absolute Gasteiger partial charge is 0.240 e. The zero-order chi connectivity index (χ0) is 13.2. The lowest BCUT2D eigenvalue weighted by molar-refractivity contribution is 0.597. The molecule has 0 aliphatic heterocycles. The molecule has 2 aromatic rings. The van der Waals surface area contributed by atoms with Crippen molar-refractivity contribution in [3.05, 3.63) is 40.2 Å². The molecule has 1 aromatic heterocycles. The third-order valence-corrected chi connectivity index (χ3v) is 3.87. The van der Waals surface area contributed by atoms with Gasteiger partial charge in [0.05, 0.1) is 17.3 Å². The van der Waals surface area contributed by atoms with Crippen molar-refractivity contribution in [2.75, 3.05) is 0 Å². The lowest BCUT2D eigenvalue weighted by Gasteiger charge is -1.96. The highest BCUT2D eigenvalue weighted by molar-refractivity contribution is 7.88. The summed E-state index contributed by atoms with van der Waals surface area (Å²) in [6, 6.07) is 9.01. The molecule has 0 bridgehead atoms. The van der Waals surface area contributed by atoms with Crippen LogP contribution in [0.2, 0.25) is 0 Å². The molecule has 0 saturated heterocycles. The van der Waals surface area contributed by atoms with E-state index in [1.807, 2.05) is 12.1 Å². The molecule has 0 atom stereocenters. The fourth-order valence-corrected chi connectivity index (χ4v) is 3.19. The Morgan fingerprint density at radius 1 is 1.44 bits per heavy atom. The van der Waals surface area contributed by atoms with Gasteiger partial charge in [-0.1, -0.05) is 12.1 Å². The molecule has 1 aromatic carbocycles. The first kappa shape index (κ1) is 12.7. The number of hydrogen-bond acceptors (Lipinski definition) is 5. The van der Waals surface area contributed by atoms with Gasteiger partial charge in [-0.15, -0.1) is 11.3 Å². The van der Waals surface area contributed by atoms with Crippen LogP contribution in [-0.2, 0) is 15.8 Å². The molecule has 2 rings (SSSR count). The van der Waals surface area contributed by atoms with Gasteiger partial charge in [-0.2, -0.15) is 5.26 Å². The minimum Gasteiger partial charge on any atom is -0.240 e. The molecule has 2 N–H and O–H groups in total. The van der Waals surface area contributed by atoms with E-state index in [0.29, 0.717) is 16.3 Å². The fraction of sp³-hybridized carbons (Fsp3) is 0.0909. The van der Waals surface area contributed by atoms with Gasteiger partial charge in [0.15, 0.2) is 0 Å².